The van der Waals surface area contributed by atoms with Crippen LogP contribution in [0, 0.1) is 22.7 Å². The summed E-state index contributed by atoms with van der Waals surface area (Å²) in [5.41, 5.74) is 2.66. The highest BCUT2D eigenvalue weighted by atomic mass is 15.0. The first-order valence-corrected chi connectivity index (χ1v) is 10.4. The Balaban J connectivity index is 1.93. The van der Waals surface area contributed by atoms with E-state index >= 15 is 0 Å². The quantitative estimate of drug-likeness (QED) is 0.248. The summed E-state index contributed by atoms with van der Waals surface area (Å²) < 4.78 is 0. The zero-order valence-corrected chi connectivity index (χ0v) is 17.4. The van der Waals surface area contributed by atoms with E-state index in [9.17, 15) is 10.5 Å². The summed E-state index contributed by atoms with van der Waals surface area (Å²) in [4.78, 5) is 27.4. The van der Waals surface area contributed by atoms with Crippen LogP contribution in [-0.4, -0.2) is 29.9 Å². The topological polar surface area (TPSA) is 125 Å². The van der Waals surface area contributed by atoms with Gasteiger partial charge in [0.2, 0.25) is 0 Å². The SMILES string of the molecule is N#Cc1nc2c3nc4nccnc4nc3c3c4ccccc4c4ccccc4c3c2nc1C#N. The largest absolute Gasteiger partial charge is 0.232 e. The van der Waals surface area contributed by atoms with E-state index in [0.717, 1.165) is 32.3 Å². The van der Waals surface area contributed by atoms with Crippen LogP contribution in [0.4, 0.5) is 0 Å². The van der Waals surface area contributed by atoms with Crippen molar-refractivity contribution in [2.45, 2.75) is 0 Å². The lowest BCUT2D eigenvalue weighted by molar-refractivity contribution is 1.19. The summed E-state index contributed by atoms with van der Waals surface area (Å²) >= 11 is 0. The molecule has 3 aromatic heterocycles. The molecule has 0 saturated carbocycles. The number of rotatable bonds is 0. The van der Waals surface area contributed by atoms with Crippen LogP contribution in [0.5, 0.6) is 0 Å². The first kappa shape index (κ1) is 18.3. The maximum absolute atomic E-state index is 9.67. The Morgan fingerprint density at radius 1 is 0.500 bits per heavy atom. The molecule has 0 aliphatic carbocycles. The number of nitrogens with zero attached hydrogens (tertiary/aromatic N) is 8. The van der Waals surface area contributed by atoms with E-state index in [1.807, 2.05) is 48.5 Å². The van der Waals surface area contributed by atoms with Gasteiger partial charge >= 0.3 is 0 Å². The second kappa shape index (κ2) is 6.58. The normalized spacial score (nSPS) is 11.5. The number of fused-ring (bicyclic) bond motifs is 12. The van der Waals surface area contributed by atoms with Crippen molar-refractivity contribution in [1.82, 2.24) is 29.9 Å². The Morgan fingerprint density at radius 3 is 1.44 bits per heavy atom. The van der Waals surface area contributed by atoms with Gasteiger partial charge in [-0.3, -0.25) is 0 Å². The number of hydrogen-bond acceptors (Lipinski definition) is 8. The van der Waals surface area contributed by atoms with Crippen molar-refractivity contribution in [3.05, 3.63) is 72.3 Å². The van der Waals surface area contributed by atoms with Gasteiger partial charge in [0.15, 0.2) is 22.7 Å². The first-order valence-electron chi connectivity index (χ1n) is 10.4. The van der Waals surface area contributed by atoms with Crippen molar-refractivity contribution in [2.24, 2.45) is 0 Å². The first-order chi connectivity index (χ1) is 16.8. The van der Waals surface area contributed by atoms with Crippen LogP contribution in [0.25, 0.3) is 65.7 Å². The maximum Gasteiger partial charge on any atom is 0.198 e. The van der Waals surface area contributed by atoms with Crippen molar-refractivity contribution in [2.75, 3.05) is 0 Å². The highest BCUT2D eigenvalue weighted by Crippen LogP contribution is 2.42. The fourth-order valence-electron chi connectivity index (χ4n) is 4.70. The smallest absolute Gasteiger partial charge is 0.198 e. The molecular formula is C26H10N8. The van der Waals surface area contributed by atoms with E-state index in [-0.39, 0.29) is 11.4 Å². The van der Waals surface area contributed by atoms with Crippen LogP contribution in [0.15, 0.2) is 60.9 Å². The molecule has 0 aliphatic rings. The Hall–Kier alpha value is -5.34. The van der Waals surface area contributed by atoms with E-state index in [2.05, 4.69) is 32.1 Å². The lowest BCUT2D eigenvalue weighted by Crippen LogP contribution is -2.01. The van der Waals surface area contributed by atoms with Crippen LogP contribution >= 0.6 is 0 Å². The van der Waals surface area contributed by atoms with Gasteiger partial charge < -0.3 is 0 Å². The van der Waals surface area contributed by atoms with Gasteiger partial charge in [0, 0.05) is 23.2 Å². The summed E-state index contributed by atoms with van der Waals surface area (Å²) in [5.74, 6) is 0. The molecule has 0 amide bonds. The lowest BCUT2D eigenvalue weighted by atomic mass is 9.92. The lowest BCUT2D eigenvalue weighted by Gasteiger charge is -2.14. The van der Waals surface area contributed by atoms with Crippen LogP contribution in [0.1, 0.15) is 11.4 Å². The molecule has 0 saturated heterocycles. The molecule has 0 spiro atoms. The average molecular weight is 434 g/mol. The van der Waals surface area contributed by atoms with Crippen molar-refractivity contribution < 1.29 is 0 Å². The minimum Gasteiger partial charge on any atom is -0.232 e. The Bertz CT molecular complexity index is 2100. The average Bonchev–Trinajstić information content (AvgIpc) is 2.91. The summed E-state index contributed by atoms with van der Waals surface area (Å²) in [6.07, 6.45) is 3.13. The van der Waals surface area contributed by atoms with Gasteiger partial charge in [0.25, 0.3) is 0 Å². The zero-order valence-electron chi connectivity index (χ0n) is 17.4. The predicted octanol–water partition coefficient (Wildman–Crippen LogP) is 4.72. The fraction of sp³-hybridized carbons (Fsp3) is 0. The Labute approximate surface area is 190 Å². The third kappa shape index (κ3) is 2.28. The molecule has 8 nitrogen and oxygen atoms in total. The zero-order chi connectivity index (χ0) is 22.8. The summed E-state index contributed by atoms with van der Waals surface area (Å²) in [5, 5.41) is 25.0. The molecule has 0 N–H and O–H groups in total. The summed E-state index contributed by atoms with van der Waals surface area (Å²) in [6, 6.07) is 20.1. The fourth-order valence-corrected chi connectivity index (χ4v) is 4.70. The molecule has 4 aromatic carbocycles. The van der Waals surface area contributed by atoms with E-state index in [1.54, 1.807) is 12.4 Å². The molecule has 3 heterocycles. The molecule has 0 atom stereocenters. The standard InChI is InChI=1S/C26H10N8/c27-11-17-18(12-28)32-23-21(31-17)19-15-7-3-1-5-13(15)14-6-2-4-8-16(14)20(19)22-24(23)34-26-25(33-22)29-9-10-30-26/h1-10H. The molecule has 0 fully saturated rings. The molecule has 7 aromatic rings. The van der Waals surface area contributed by atoms with Crippen LogP contribution < -0.4 is 0 Å². The van der Waals surface area contributed by atoms with Crippen molar-refractivity contribution >= 4 is 65.7 Å². The highest BCUT2D eigenvalue weighted by Gasteiger charge is 2.22. The number of hydrogen-bond donors (Lipinski definition) is 0. The van der Waals surface area contributed by atoms with E-state index in [4.69, 9.17) is 9.97 Å². The van der Waals surface area contributed by atoms with Gasteiger partial charge in [0.05, 0.1) is 0 Å². The van der Waals surface area contributed by atoms with E-state index in [1.165, 1.54) is 0 Å². The van der Waals surface area contributed by atoms with Gasteiger partial charge in [-0.15, -0.1) is 0 Å². The van der Waals surface area contributed by atoms with Crippen LogP contribution in [-0.2, 0) is 0 Å². The maximum atomic E-state index is 9.67. The molecule has 0 bridgehead atoms. The third-order valence-corrected chi connectivity index (χ3v) is 6.06. The van der Waals surface area contributed by atoms with Gasteiger partial charge in [0.1, 0.15) is 34.2 Å². The minimum absolute atomic E-state index is 0.0265. The molecule has 34 heavy (non-hydrogen) atoms. The van der Waals surface area contributed by atoms with Crippen LogP contribution in [0.3, 0.4) is 0 Å². The summed E-state index contributed by atoms with van der Waals surface area (Å²) in [7, 11) is 0. The predicted molar refractivity (Wildman–Crippen MR) is 128 cm³/mol. The molecule has 0 aliphatic heterocycles. The van der Waals surface area contributed by atoms with Crippen LogP contribution in [0.2, 0.25) is 0 Å². The Kier molecular flexibility index (Phi) is 3.53. The molecular weight excluding hydrogens is 424 g/mol. The van der Waals surface area contributed by atoms with Gasteiger partial charge in [-0.25, -0.2) is 29.9 Å². The van der Waals surface area contributed by atoms with E-state index < -0.39 is 0 Å². The van der Waals surface area contributed by atoms with Crippen molar-refractivity contribution in [3.8, 4) is 12.1 Å². The van der Waals surface area contributed by atoms with Crippen molar-refractivity contribution in [3.63, 3.8) is 0 Å². The van der Waals surface area contributed by atoms with E-state index in [0.29, 0.717) is 33.4 Å². The minimum atomic E-state index is -0.0539. The number of aromatic nitrogens is 6. The van der Waals surface area contributed by atoms with Crippen molar-refractivity contribution in [1.29, 1.82) is 10.5 Å². The molecule has 7 rings (SSSR count). The highest BCUT2D eigenvalue weighted by molar-refractivity contribution is 6.37. The number of nitriles is 2. The second-order valence-corrected chi connectivity index (χ2v) is 7.81. The number of benzene rings is 4. The molecule has 8 heteroatoms. The van der Waals surface area contributed by atoms with Gasteiger partial charge in [-0.2, -0.15) is 10.5 Å². The van der Waals surface area contributed by atoms with Gasteiger partial charge in [-0.1, -0.05) is 48.5 Å². The second-order valence-electron chi connectivity index (χ2n) is 7.81. The molecule has 0 radical (unpaired) electrons. The molecule has 154 valence electrons. The summed E-state index contributed by atoms with van der Waals surface area (Å²) in [6.45, 7) is 0. The molecule has 0 unspecified atom stereocenters. The third-order valence-electron chi connectivity index (χ3n) is 6.06. The Morgan fingerprint density at radius 2 is 0.912 bits per heavy atom. The van der Waals surface area contributed by atoms with Gasteiger partial charge in [-0.05, 0) is 21.5 Å². The monoisotopic (exact) mass is 434 g/mol.